The first-order valence-corrected chi connectivity index (χ1v) is 7.80. The molecule has 3 N–H and O–H groups in total. The van der Waals surface area contributed by atoms with Crippen LogP contribution in [0.1, 0.15) is 60.2 Å². The summed E-state index contributed by atoms with van der Waals surface area (Å²) in [5, 5.41) is 3.30. The SMILES string of the molecule is CCCCNc1nc(C(C)(C)C)nc(OCC(C)C)c1N. The maximum Gasteiger partial charge on any atom is 0.242 e. The van der Waals surface area contributed by atoms with E-state index < -0.39 is 0 Å². The fourth-order valence-corrected chi connectivity index (χ4v) is 1.66. The average Bonchev–Trinajstić information content (AvgIpc) is 2.38. The molecule has 0 bridgehead atoms. The molecule has 1 aromatic heterocycles. The molecule has 0 unspecified atom stereocenters. The molecule has 0 fully saturated rings. The first-order valence-electron chi connectivity index (χ1n) is 7.80. The van der Waals surface area contributed by atoms with E-state index in [0.29, 0.717) is 29.9 Å². The molecule has 5 nitrogen and oxygen atoms in total. The van der Waals surface area contributed by atoms with Crippen molar-refractivity contribution in [2.45, 2.75) is 59.8 Å². The molecule has 0 aromatic carbocycles. The summed E-state index contributed by atoms with van der Waals surface area (Å²) in [7, 11) is 0. The van der Waals surface area contributed by atoms with Gasteiger partial charge >= 0.3 is 0 Å². The topological polar surface area (TPSA) is 73.1 Å². The summed E-state index contributed by atoms with van der Waals surface area (Å²) in [5.41, 5.74) is 6.50. The minimum Gasteiger partial charge on any atom is -0.476 e. The minimum absolute atomic E-state index is 0.148. The van der Waals surface area contributed by atoms with E-state index >= 15 is 0 Å². The van der Waals surface area contributed by atoms with Crippen molar-refractivity contribution in [3.8, 4) is 5.88 Å². The van der Waals surface area contributed by atoms with Crippen LogP contribution in [0, 0.1) is 5.92 Å². The number of nitrogens with zero attached hydrogens (tertiary/aromatic N) is 2. The Bertz CT molecular complexity index is 452. The Hall–Kier alpha value is -1.52. The van der Waals surface area contributed by atoms with E-state index in [4.69, 9.17) is 10.5 Å². The maximum absolute atomic E-state index is 6.15. The molecule has 21 heavy (non-hydrogen) atoms. The zero-order chi connectivity index (χ0) is 16.0. The second kappa shape index (κ2) is 7.48. The Balaban J connectivity index is 3.07. The summed E-state index contributed by atoms with van der Waals surface area (Å²) in [6.45, 7) is 14.1. The van der Waals surface area contributed by atoms with Gasteiger partial charge in [0.15, 0.2) is 5.82 Å². The molecule has 120 valence electrons. The third-order valence-corrected chi connectivity index (χ3v) is 2.96. The highest BCUT2D eigenvalue weighted by molar-refractivity contribution is 5.67. The molecule has 0 atom stereocenters. The lowest BCUT2D eigenvalue weighted by Crippen LogP contribution is -2.20. The molecule has 1 heterocycles. The van der Waals surface area contributed by atoms with Gasteiger partial charge in [0.05, 0.1) is 6.61 Å². The van der Waals surface area contributed by atoms with Crippen molar-refractivity contribution in [2.24, 2.45) is 5.92 Å². The molecule has 0 radical (unpaired) electrons. The van der Waals surface area contributed by atoms with E-state index in [0.717, 1.165) is 25.2 Å². The van der Waals surface area contributed by atoms with Crippen LogP contribution in [0.4, 0.5) is 11.5 Å². The Morgan fingerprint density at radius 1 is 1.24 bits per heavy atom. The second-order valence-electron chi connectivity index (χ2n) is 6.85. The van der Waals surface area contributed by atoms with Gasteiger partial charge < -0.3 is 15.8 Å². The maximum atomic E-state index is 6.15. The lowest BCUT2D eigenvalue weighted by Gasteiger charge is -2.21. The Morgan fingerprint density at radius 2 is 1.90 bits per heavy atom. The van der Waals surface area contributed by atoms with Crippen LogP contribution in [-0.2, 0) is 5.41 Å². The Morgan fingerprint density at radius 3 is 2.43 bits per heavy atom. The molecule has 0 aliphatic heterocycles. The first kappa shape index (κ1) is 17.5. The number of hydrogen-bond acceptors (Lipinski definition) is 5. The van der Waals surface area contributed by atoms with Gasteiger partial charge in [-0.1, -0.05) is 48.0 Å². The molecule has 1 aromatic rings. The van der Waals surface area contributed by atoms with Gasteiger partial charge in [-0.25, -0.2) is 4.98 Å². The Labute approximate surface area is 128 Å². The molecular weight excluding hydrogens is 264 g/mol. The van der Waals surface area contributed by atoms with Crippen molar-refractivity contribution >= 4 is 11.5 Å². The van der Waals surface area contributed by atoms with Gasteiger partial charge in [-0.05, 0) is 12.3 Å². The number of ether oxygens (including phenoxy) is 1. The molecule has 0 amide bonds. The number of rotatable bonds is 7. The van der Waals surface area contributed by atoms with E-state index in [-0.39, 0.29) is 5.41 Å². The van der Waals surface area contributed by atoms with Crippen LogP contribution in [-0.4, -0.2) is 23.1 Å². The molecule has 5 heteroatoms. The average molecular weight is 294 g/mol. The highest BCUT2D eigenvalue weighted by Gasteiger charge is 2.22. The quantitative estimate of drug-likeness (QED) is 0.752. The lowest BCUT2D eigenvalue weighted by atomic mass is 9.96. The van der Waals surface area contributed by atoms with E-state index in [9.17, 15) is 0 Å². The molecule has 0 saturated carbocycles. The first-order chi connectivity index (χ1) is 9.75. The highest BCUT2D eigenvalue weighted by atomic mass is 16.5. The van der Waals surface area contributed by atoms with Gasteiger partial charge in [0.25, 0.3) is 0 Å². The lowest BCUT2D eigenvalue weighted by molar-refractivity contribution is 0.260. The van der Waals surface area contributed by atoms with Gasteiger partial charge in [-0.2, -0.15) is 4.98 Å². The number of hydrogen-bond donors (Lipinski definition) is 2. The van der Waals surface area contributed by atoms with Crippen molar-refractivity contribution in [2.75, 3.05) is 24.2 Å². The van der Waals surface area contributed by atoms with Gasteiger partial charge in [0.1, 0.15) is 11.5 Å². The molecule has 0 saturated heterocycles. The molecule has 0 aliphatic carbocycles. The molecule has 1 rings (SSSR count). The molecular formula is C16H30N4O. The van der Waals surface area contributed by atoms with E-state index in [1.807, 2.05) is 0 Å². The zero-order valence-electron chi connectivity index (χ0n) is 14.3. The van der Waals surface area contributed by atoms with Gasteiger partial charge in [0.2, 0.25) is 5.88 Å². The van der Waals surface area contributed by atoms with Crippen LogP contribution in [0.5, 0.6) is 5.88 Å². The highest BCUT2D eigenvalue weighted by Crippen LogP contribution is 2.30. The Kier molecular flexibility index (Phi) is 6.24. The van der Waals surface area contributed by atoms with Crippen molar-refractivity contribution in [3.63, 3.8) is 0 Å². The summed E-state index contributed by atoms with van der Waals surface area (Å²) in [5.74, 6) is 2.34. The number of anilines is 2. The van der Waals surface area contributed by atoms with Crippen LogP contribution in [0.2, 0.25) is 0 Å². The molecule has 0 aliphatic rings. The largest absolute Gasteiger partial charge is 0.476 e. The summed E-state index contributed by atoms with van der Waals surface area (Å²) in [4.78, 5) is 9.08. The van der Waals surface area contributed by atoms with Gasteiger partial charge in [-0.3, -0.25) is 0 Å². The minimum atomic E-state index is -0.148. The fraction of sp³-hybridized carbons (Fsp3) is 0.750. The second-order valence-corrected chi connectivity index (χ2v) is 6.85. The molecule has 0 spiro atoms. The van der Waals surface area contributed by atoms with Crippen molar-refractivity contribution in [3.05, 3.63) is 5.82 Å². The van der Waals surface area contributed by atoms with Crippen molar-refractivity contribution in [1.29, 1.82) is 0 Å². The van der Waals surface area contributed by atoms with Crippen LogP contribution in [0.15, 0.2) is 0 Å². The van der Waals surface area contributed by atoms with Gasteiger partial charge in [-0.15, -0.1) is 0 Å². The standard InChI is InChI=1S/C16H30N4O/c1-7-8-9-18-13-12(17)14(21-10-11(2)3)20-15(19-13)16(4,5)6/h11H,7-10,17H2,1-6H3,(H,18,19,20). The number of nitrogens with one attached hydrogen (secondary N) is 1. The number of aromatic nitrogens is 2. The fourth-order valence-electron chi connectivity index (χ4n) is 1.66. The zero-order valence-corrected chi connectivity index (χ0v) is 14.3. The summed E-state index contributed by atoms with van der Waals surface area (Å²) in [6.07, 6.45) is 2.21. The normalized spacial score (nSPS) is 11.8. The predicted molar refractivity (Wildman–Crippen MR) is 88.9 cm³/mol. The number of unbranched alkanes of at least 4 members (excludes halogenated alkanes) is 1. The summed E-state index contributed by atoms with van der Waals surface area (Å²) in [6, 6.07) is 0. The van der Waals surface area contributed by atoms with E-state index in [1.165, 1.54) is 0 Å². The summed E-state index contributed by atoms with van der Waals surface area (Å²) < 4.78 is 5.76. The summed E-state index contributed by atoms with van der Waals surface area (Å²) >= 11 is 0. The van der Waals surface area contributed by atoms with E-state index in [1.54, 1.807) is 0 Å². The van der Waals surface area contributed by atoms with Crippen LogP contribution >= 0.6 is 0 Å². The van der Waals surface area contributed by atoms with E-state index in [2.05, 4.69) is 56.8 Å². The number of nitrogen functional groups attached to an aromatic ring is 1. The third-order valence-electron chi connectivity index (χ3n) is 2.96. The van der Waals surface area contributed by atoms with Crippen molar-refractivity contribution in [1.82, 2.24) is 9.97 Å². The van der Waals surface area contributed by atoms with Crippen LogP contribution < -0.4 is 15.8 Å². The van der Waals surface area contributed by atoms with Crippen LogP contribution in [0.3, 0.4) is 0 Å². The smallest absolute Gasteiger partial charge is 0.242 e. The monoisotopic (exact) mass is 294 g/mol. The van der Waals surface area contributed by atoms with Crippen molar-refractivity contribution < 1.29 is 4.74 Å². The number of nitrogens with two attached hydrogens (primary N) is 1. The van der Waals surface area contributed by atoms with Gasteiger partial charge in [0, 0.05) is 12.0 Å². The predicted octanol–water partition coefficient (Wildman–Crippen LogP) is 3.60. The van der Waals surface area contributed by atoms with Crippen LogP contribution in [0.25, 0.3) is 0 Å². The third kappa shape index (κ3) is 5.40.